The second-order valence-corrected chi connectivity index (χ2v) is 4.91. The Morgan fingerprint density at radius 3 is 2.67 bits per heavy atom. The maximum atomic E-state index is 11.6. The van der Waals surface area contributed by atoms with Crippen molar-refractivity contribution in [3.8, 4) is 0 Å². The van der Waals surface area contributed by atoms with Gasteiger partial charge in [-0.25, -0.2) is 0 Å². The molecule has 1 aliphatic rings. The molecular weight excluding hydrogens is 184 g/mol. The lowest BCUT2D eigenvalue weighted by atomic mass is 9.92. The minimum Gasteiger partial charge on any atom is -0.294 e. The molecule has 0 heterocycles. The molecule has 0 bridgehead atoms. The van der Waals surface area contributed by atoms with Crippen LogP contribution >= 0.6 is 0 Å². The molecule has 0 amide bonds. The van der Waals surface area contributed by atoms with Crippen molar-refractivity contribution in [3.05, 3.63) is 34.4 Å². The van der Waals surface area contributed by atoms with Gasteiger partial charge in [0.2, 0.25) is 0 Å². The number of fused-ring (bicyclic) bond motifs is 1. The van der Waals surface area contributed by atoms with Gasteiger partial charge in [-0.15, -0.1) is 0 Å². The highest BCUT2D eigenvalue weighted by molar-refractivity contribution is 6.00. The summed E-state index contributed by atoms with van der Waals surface area (Å²) in [6, 6.07) is 4.10. The second kappa shape index (κ2) is 3.80. The van der Waals surface area contributed by atoms with Crippen LogP contribution in [-0.2, 0) is 12.8 Å². The molecule has 15 heavy (non-hydrogen) atoms. The molecule has 0 fully saturated rings. The molecule has 0 N–H and O–H groups in total. The summed E-state index contributed by atoms with van der Waals surface area (Å²) in [5.41, 5.74) is 5.08. The van der Waals surface area contributed by atoms with E-state index in [-0.39, 0.29) is 0 Å². The Labute approximate surface area is 91.5 Å². The average molecular weight is 202 g/mol. The van der Waals surface area contributed by atoms with Crippen LogP contribution in [0.5, 0.6) is 0 Å². The van der Waals surface area contributed by atoms with Crippen LogP contribution in [0.3, 0.4) is 0 Å². The van der Waals surface area contributed by atoms with E-state index in [4.69, 9.17) is 0 Å². The van der Waals surface area contributed by atoms with Gasteiger partial charge in [0.15, 0.2) is 5.78 Å². The highest BCUT2D eigenvalue weighted by atomic mass is 16.1. The molecule has 2 rings (SSSR count). The Kier molecular flexibility index (Phi) is 2.64. The minimum atomic E-state index is 0.329. The molecule has 0 saturated carbocycles. The quantitative estimate of drug-likeness (QED) is 0.719. The molecule has 0 saturated heterocycles. The molecule has 0 radical (unpaired) electrons. The molecule has 0 atom stereocenters. The topological polar surface area (TPSA) is 17.1 Å². The number of hydrogen-bond acceptors (Lipinski definition) is 1. The molecule has 0 aromatic heterocycles. The van der Waals surface area contributed by atoms with Gasteiger partial charge in [0, 0.05) is 12.0 Å². The van der Waals surface area contributed by atoms with Crippen molar-refractivity contribution in [3.63, 3.8) is 0 Å². The lowest BCUT2D eigenvalue weighted by Gasteiger charge is -2.13. The van der Waals surface area contributed by atoms with E-state index in [1.54, 1.807) is 0 Å². The predicted octanol–water partition coefficient (Wildman–Crippen LogP) is 3.32. The standard InChI is InChI=1S/C14H18O/c1-9(2)8-13-10(3)4-5-12-11(13)6-7-14(12)15/h4-5,9H,6-8H2,1-3H3. The van der Waals surface area contributed by atoms with Crippen LogP contribution < -0.4 is 0 Å². The van der Waals surface area contributed by atoms with E-state index < -0.39 is 0 Å². The summed E-state index contributed by atoms with van der Waals surface area (Å²) < 4.78 is 0. The number of carbonyl (C=O) groups excluding carboxylic acids is 1. The number of Topliss-reactive ketones (excluding diaryl/α,β-unsaturated/α-hetero) is 1. The van der Waals surface area contributed by atoms with E-state index in [1.165, 1.54) is 16.7 Å². The maximum absolute atomic E-state index is 11.6. The van der Waals surface area contributed by atoms with Crippen molar-refractivity contribution in [2.75, 3.05) is 0 Å². The van der Waals surface area contributed by atoms with Crippen molar-refractivity contribution in [2.24, 2.45) is 5.92 Å². The summed E-state index contributed by atoms with van der Waals surface area (Å²) in [7, 11) is 0. The Bertz CT molecular complexity index is 402. The van der Waals surface area contributed by atoms with Crippen LogP contribution in [0.2, 0.25) is 0 Å². The van der Waals surface area contributed by atoms with Crippen LogP contribution in [0.4, 0.5) is 0 Å². The molecule has 0 spiro atoms. The number of ketones is 1. The third-order valence-electron chi connectivity index (χ3n) is 3.18. The van der Waals surface area contributed by atoms with Gasteiger partial charge in [0.05, 0.1) is 0 Å². The van der Waals surface area contributed by atoms with Gasteiger partial charge in [-0.2, -0.15) is 0 Å². The van der Waals surface area contributed by atoms with Crippen LogP contribution in [0.15, 0.2) is 12.1 Å². The second-order valence-electron chi connectivity index (χ2n) is 4.91. The Balaban J connectivity index is 2.49. The Morgan fingerprint density at radius 2 is 2.00 bits per heavy atom. The van der Waals surface area contributed by atoms with E-state index in [0.717, 1.165) is 18.4 Å². The van der Waals surface area contributed by atoms with Crippen molar-refractivity contribution in [2.45, 2.75) is 40.0 Å². The zero-order valence-corrected chi connectivity index (χ0v) is 9.76. The lowest BCUT2D eigenvalue weighted by Crippen LogP contribution is -2.02. The molecular formula is C14H18O. The van der Waals surface area contributed by atoms with E-state index in [2.05, 4.69) is 26.8 Å². The first kappa shape index (κ1) is 10.4. The zero-order valence-electron chi connectivity index (χ0n) is 9.76. The van der Waals surface area contributed by atoms with Gasteiger partial charge < -0.3 is 0 Å². The lowest BCUT2D eigenvalue weighted by molar-refractivity contribution is 0.0994. The number of carbonyl (C=O) groups is 1. The number of aryl methyl sites for hydroxylation is 1. The molecule has 1 aromatic rings. The summed E-state index contributed by atoms with van der Waals surface area (Å²) in [5.74, 6) is 0.987. The minimum absolute atomic E-state index is 0.329. The van der Waals surface area contributed by atoms with E-state index in [0.29, 0.717) is 18.1 Å². The molecule has 80 valence electrons. The van der Waals surface area contributed by atoms with Crippen LogP contribution in [-0.4, -0.2) is 5.78 Å². The molecule has 1 aliphatic carbocycles. The molecule has 1 nitrogen and oxygen atoms in total. The third kappa shape index (κ3) is 1.83. The Morgan fingerprint density at radius 1 is 1.27 bits per heavy atom. The van der Waals surface area contributed by atoms with Crippen LogP contribution in [0.1, 0.15) is 47.3 Å². The van der Waals surface area contributed by atoms with Crippen molar-refractivity contribution in [1.82, 2.24) is 0 Å². The van der Waals surface area contributed by atoms with Crippen LogP contribution in [0.25, 0.3) is 0 Å². The van der Waals surface area contributed by atoms with Crippen molar-refractivity contribution in [1.29, 1.82) is 0 Å². The van der Waals surface area contributed by atoms with Gasteiger partial charge in [-0.05, 0) is 42.4 Å². The van der Waals surface area contributed by atoms with Crippen molar-refractivity contribution >= 4 is 5.78 Å². The van der Waals surface area contributed by atoms with Gasteiger partial charge >= 0.3 is 0 Å². The summed E-state index contributed by atoms with van der Waals surface area (Å²) >= 11 is 0. The third-order valence-corrected chi connectivity index (χ3v) is 3.18. The van der Waals surface area contributed by atoms with Gasteiger partial charge in [-0.1, -0.05) is 26.0 Å². The fourth-order valence-electron chi connectivity index (χ4n) is 2.42. The summed E-state index contributed by atoms with van der Waals surface area (Å²) in [5, 5.41) is 0. The van der Waals surface area contributed by atoms with E-state index >= 15 is 0 Å². The fraction of sp³-hybridized carbons (Fsp3) is 0.500. The summed E-state index contributed by atoms with van der Waals surface area (Å²) in [6.45, 7) is 6.62. The summed E-state index contributed by atoms with van der Waals surface area (Å²) in [6.07, 6.45) is 2.77. The predicted molar refractivity (Wildman–Crippen MR) is 62.4 cm³/mol. The Hall–Kier alpha value is -1.11. The smallest absolute Gasteiger partial charge is 0.163 e. The molecule has 0 aliphatic heterocycles. The van der Waals surface area contributed by atoms with Gasteiger partial charge in [-0.3, -0.25) is 4.79 Å². The zero-order chi connectivity index (χ0) is 11.0. The molecule has 1 aromatic carbocycles. The first-order valence-electron chi connectivity index (χ1n) is 5.74. The number of benzene rings is 1. The monoisotopic (exact) mass is 202 g/mol. The van der Waals surface area contributed by atoms with Gasteiger partial charge in [0.25, 0.3) is 0 Å². The number of hydrogen-bond donors (Lipinski definition) is 0. The first-order chi connectivity index (χ1) is 7.09. The summed E-state index contributed by atoms with van der Waals surface area (Å²) in [4.78, 5) is 11.6. The largest absolute Gasteiger partial charge is 0.294 e. The molecule has 1 heteroatoms. The SMILES string of the molecule is Cc1ccc2c(c1CC(C)C)CCC2=O. The van der Waals surface area contributed by atoms with Crippen molar-refractivity contribution < 1.29 is 4.79 Å². The average Bonchev–Trinajstić information content (AvgIpc) is 2.52. The van der Waals surface area contributed by atoms with Gasteiger partial charge in [0.1, 0.15) is 0 Å². The molecule has 0 unspecified atom stereocenters. The van der Waals surface area contributed by atoms with E-state index in [9.17, 15) is 4.79 Å². The normalized spacial score (nSPS) is 14.8. The fourth-order valence-corrected chi connectivity index (χ4v) is 2.42. The van der Waals surface area contributed by atoms with Crippen LogP contribution in [0, 0.1) is 12.8 Å². The highest BCUT2D eigenvalue weighted by Gasteiger charge is 2.23. The highest BCUT2D eigenvalue weighted by Crippen LogP contribution is 2.29. The maximum Gasteiger partial charge on any atom is 0.163 e. The first-order valence-corrected chi connectivity index (χ1v) is 5.74. The number of rotatable bonds is 2. The van der Waals surface area contributed by atoms with E-state index in [1.807, 2.05) is 6.07 Å².